The van der Waals surface area contributed by atoms with Crippen LogP contribution in [0.5, 0.6) is 0 Å². The topological polar surface area (TPSA) is 96.4 Å². The third-order valence-corrected chi connectivity index (χ3v) is 6.84. The highest BCUT2D eigenvalue weighted by Gasteiger charge is 2.21. The first kappa shape index (κ1) is 16.1. The number of hydrogen-bond acceptors (Lipinski definition) is 6. The predicted octanol–water partition coefficient (Wildman–Crippen LogP) is 2.04. The van der Waals surface area contributed by atoms with Gasteiger partial charge in [0.1, 0.15) is 9.09 Å². The first-order valence-electron chi connectivity index (χ1n) is 6.04. The molecule has 0 bridgehead atoms. The molecule has 0 aliphatic carbocycles. The van der Waals surface area contributed by atoms with Crippen molar-refractivity contribution in [2.75, 3.05) is 6.54 Å². The van der Waals surface area contributed by atoms with Crippen LogP contribution in [0.15, 0.2) is 15.7 Å². The highest BCUT2D eigenvalue weighted by Crippen LogP contribution is 2.25. The van der Waals surface area contributed by atoms with Crippen molar-refractivity contribution >= 4 is 38.7 Å². The van der Waals surface area contributed by atoms with E-state index in [-0.39, 0.29) is 15.6 Å². The summed E-state index contributed by atoms with van der Waals surface area (Å²) in [6.45, 7) is 3.69. The summed E-state index contributed by atoms with van der Waals surface area (Å²) in [5.41, 5.74) is 1.36. The van der Waals surface area contributed by atoms with Gasteiger partial charge in [-0.3, -0.25) is 0 Å². The van der Waals surface area contributed by atoms with E-state index in [9.17, 15) is 13.2 Å². The van der Waals surface area contributed by atoms with Crippen molar-refractivity contribution in [2.24, 2.45) is 0 Å². The number of aromatic carboxylic acids is 1. The van der Waals surface area contributed by atoms with Gasteiger partial charge in [-0.15, -0.1) is 22.7 Å². The number of rotatable bonds is 6. The van der Waals surface area contributed by atoms with E-state index in [2.05, 4.69) is 9.71 Å². The van der Waals surface area contributed by atoms with Crippen LogP contribution in [0.25, 0.3) is 0 Å². The molecule has 9 heteroatoms. The maximum atomic E-state index is 12.1. The predicted molar refractivity (Wildman–Crippen MR) is 81.8 cm³/mol. The van der Waals surface area contributed by atoms with Crippen molar-refractivity contribution in [3.05, 3.63) is 32.6 Å². The van der Waals surface area contributed by atoms with E-state index < -0.39 is 16.0 Å². The van der Waals surface area contributed by atoms with E-state index in [1.807, 2.05) is 12.3 Å². The Morgan fingerprint density at radius 3 is 2.67 bits per heavy atom. The molecular weight excluding hydrogens is 332 g/mol. The fourth-order valence-electron chi connectivity index (χ4n) is 1.68. The number of carboxylic acids is 1. The fourth-order valence-corrected chi connectivity index (χ4v) is 4.91. The van der Waals surface area contributed by atoms with E-state index in [0.717, 1.165) is 22.0 Å². The number of aromatic nitrogens is 1. The molecule has 0 fully saturated rings. The van der Waals surface area contributed by atoms with Crippen LogP contribution in [0.3, 0.4) is 0 Å². The molecule has 6 nitrogen and oxygen atoms in total. The summed E-state index contributed by atoms with van der Waals surface area (Å²) in [6.07, 6.45) is 0.508. The van der Waals surface area contributed by atoms with Gasteiger partial charge >= 0.3 is 5.97 Å². The first-order chi connectivity index (χ1) is 9.79. The van der Waals surface area contributed by atoms with Crippen molar-refractivity contribution in [1.29, 1.82) is 0 Å². The highest BCUT2D eigenvalue weighted by atomic mass is 32.2. The lowest BCUT2D eigenvalue weighted by Gasteiger charge is -2.02. The van der Waals surface area contributed by atoms with Crippen LogP contribution in [-0.4, -0.2) is 31.0 Å². The molecule has 0 aromatic carbocycles. The van der Waals surface area contributed by atoms with Crippen LogP contribution < -0.4 is 4.72 Å². The van der Waals surface area contributed by atoms with Crippen molar-refractivity contribution in [3.8, 4) is 0 Å². The lowest BCUT2D eigenvalue weighted by atomic mass is 10.3. The van der Waals surface area contributed by atoms with Gasteiger partial charge in [0, 0.05) is 24.0 Å². The molecule has 0 radical (unpaired) electrons. The van der Waals surface area contributed by atoms with Crippen molar-refractivity contribution < 1.29 is 18.3 Å². The maximum Gasteiger partial charge on any atom is 0.346 e. The van der Waals surface area contributed by atoms with Gasteiger partial charge in [0.15, 0.2) is 0 Å². The summed E-state index contributed by atoms with van der Waals surface area (Å²) in [6, 6.07) is 1.38. The monoisotopic (exact) mass is 346 g/mol. The number of nitrogens with zero attached hydrogens (tertiary/aromatic N) is 1. The van der Waals surface area contributed by atoms with Crippen LogP contribution >= 0.6 is 22.7 Å². The van der Waals surface area contributed by atoms with E-state index in [4.69, 9.17) is 5.11 Å². The summed E-state index contributed by atoms with van der Waals surface area (Å²) in [4.78, 5) is 15.3. The molecule has 2 heterocycles. The fraction of sp³-hybridized carbons (Fsp3) is 0.333. The zero-order chi connectivity index (χ0) is 15.6. The summed E-state index contributed by atoms with van der Waals surface area (Å²) in [5, 5.41) is 11.7. The molecule has 0 saturated carbocycles. The van der Waals surface area contributed by atoms with Gasteiger partial charge in [0.05, 0.1) is 5.01 Å². The molecule has 0 unspecified atom stereocenters. The quantitative estimate of drug-likeness (QED) is 0.834. The average molecular weight is 346 g/mol. The largest absolute Gasteiger partial charge is 0.477 e. The molecule has 0 atom stereocenters. The minimum Gasteiger partial charge on any atom is -0.477 e. The van der Waals surface area contributed by atoms with E-state index in [1.54, 1.807) is 6.92 Å². The molecule has 0 saturated heterocycles. The molecular formula is C12H14N2O4S3. The van der Waals surface area contributed by atoms with Crippen molar-refractivity contribution in [2.45, 2.75) is 24.5 Å². The molecule has 0 aliphatic rings. The molecule has 0 spiro atoms. The smallest absolute Gasteiger partial charge is 0.346 e. The van der Waals surface area contributed by atoms with E-state index >= 15 is 0 Å². The Bertz CT molecular complexity index is 761. The van der Waals surface area contributed by atoms with Gasteiger partial charge < -0.3 is 5.11 Å². The molecule has 2 aromatic rings. The normalized spacial score (nSPS) is 11.7. The van der Waals surface area contributed by atoms with Gasteiger partial charge in [0.2, 0.25) is 10.0 Å². The molecule has 0 amide bonds. The second-order valence-electron chi connectivity index (χ2n) is 4.41. The first-order valence-corrected chi connectivity index (χ1v) is 9.22. The zero-order valence-electron chi connectivity index (χ0n) is 11.4. The number of sulfonamides is 1. The SMILES string of the molecule is Cc1csc(CCNS(=O)(=O)c2cc(C)c(C(=O)O)s2)n1. The standard InChI is InChI=1S/C12H14N2O4S3/c1-7-5-10(20-11(7)12(15)16)21(17,18)13-4-3-9-14-8(2)6-19-9/h5-6,13H,3-4H2,1-2H3,(H,15,16). The Kier molecular flexibility index (Phi) is 4.77. The Morgan fingerprint density at radius 2 is 2.14 bits per heavy atom. The second-order valence-corrected chi connectivity index (χ2v) is 8.40. The maximum absolute atomic E-state index is 12.1. The molecule has 0 aliphatic heterocycles. The molecule has 114 valence electrons. The van der Waals surface area contributed by atoms with Gasteiger partial charge in [-0.2, -0.15) is 0 Å². The van der Waals surface area contributed by atoms with Gasteiger partial charge in [-0.05, 0) is 25.5 Å². The van der Waals surface area contributed by atoms with E-state index in [0.29, 0.717) is 12.0 Å². The lowest BCUT2D eigenvalue weighted by molar-refractivity contribution is 0.0701. The Hall–Kier alpha value is -1.29. The van der Waals surface area contributed by atoms with Gasteiger partial charge in [0.25, 0.3) is 0 Å². The zero-order valence-corrected chi connectivity index (χ0v) is 13.9. The van der Waals surface area contributed by atoms with E-state index in [1.165, 1.54) is 17.4 Å². The molecule has 2 rings (SSSR count). The number of hydrogen-bond donors (Lipinski definition) is 2. The van der Waals surface area contributed by atoms with Gasteiger partial charge in [-0.25, -0.2) is 22.9 Å². The molecule has 2 N–H and O–H groups in total. The second kappa shape index (κ2) is 6.22. The summed E-state index contributed by atoms with van der Waals surface area (Å²) < 4.78 is 26.7. The number of carbonyl (C=O) groups is 1. The number of carboxylic acid groups (broad SMARTS) is 1. The third kappa shape index (κ3) is 3.88. The minimum absolute atomic E-state index is 0.0210. The number of nitrogens with one attached hydrogen (secondary N) is 1. The number of aryl methyl sites for hydroxylation is 2. The number of thiophene rings is 1. The Morgan fingerprint density at radius 1 is 1.43 bits per heavy atom. The Balaban J connectivity index is 2.04. The number of thiazole rings is 1. The van der Waals surface area contributed by atoms with Crippen molar-refractivity contribution in [3.63, 3.8) is 0 Å². The molecule has 21 heavy (non-hydrogen) atoms. The van der Waals surface area contributed by atoms with Crippen LogP contribution in [0, 0.1) is 13.8 Å². The molecule has 2 aromatic heterocycles. The third-order valence-electron chi connectivity index (χ3n) is 2.65. The lowest BCUT2D eigenvalue weighted by Crippen LogP contribution is -2.25. The van der Waals surface area contributed by atoms with Crippen LogP contribution in [-0.2, 0) is 16.4 Å². The highest BCUT2D eigenvalue weighted by molar-refractivity contribution is 7.91. The summed E-state index contributed by atoms with van der Waals surface area (Å²) >= 11 is 2.25. The van der Waals surface area contributed by atoms with Crippen LogP contribution in [0.4, 0.5) is 0 Å². The Labute approximate surface area is 130 Å². The summed E-state index contributed by atoms with van der Waals surface area (Å²) in [7, 11) is -3.68. The average Bonchev–Trinajstić information content (AvgIpc) is 2.96. The van der Waals surface area contributed by atoms with Crippen LogP contribution in [0.2, 0.25) is 0 Å². The van der Waals surface area contributed by atoms with Crippen LogP contribution in [0.1, 0.15) is 25.9 Å². The van der Waals surface area contributed by atoms with Gasteiger partial charge in [-0.1, -0.05) is 0 Å². The summed E-state index contributed by atoms with van der Waals surface area (Å²) in [5.74, 6) is -1.11. The minimum atomic E-state index is -3.68. The van der Waals surface area contributed by atoms with Crippen molar-refractivity contribution in [1.82, 2.24) is 9.71 Å².